The fourth-order valence-electron chi connectivity index (χ4n) is 6.08. The first-order chi connectivity index (χ1) is 18.2. The third kappa shape index (κ3) is 6.59. The minimum absolute atomic E-state index is 0.135. The Hall–Kier alpha value is -3.27. The first-order valence-electron chi connectivity index (χ1n) is 12.8. The molecule has 7 nitrogen and oxygen atoms in total. The summed E-state index contributed by atoms with van der Waals surface area (Å²) in [7, 11) is 0. The molecule has 3 atom stereocenters. The zero-order valence-corrected chi connectivity index (χ0v) is 21.0. The van der Waals surface area contributed by atoms with Crippen molar-refractivity contribution in [2.24, 2.45) is 5.92 Å². The van der Waals surface area contributed by atoms with E-state index < -0.39 is 18.3 Å². The van der Waals surface area contributed by atoms with Gasteiger partial charge in [-0.3, -0.25) is 0 Å². The summed E-state index contributed by atoms with van der Waals surface area (Å²) in [5, 5.41) is 10.9. The van der Waals surface area contributed by atoms with Gasteiger partial charge in [-0.15, -0.1) is 0 Å². The zero-order valence-electron chi connectivity index (χ0n) is 21.0. The van der Waals surface area contributed by atoms with Crippen LogP contribution < -0.4 is 10.1 Å². The van der Waals surface area contributed by atoms with Gasteiger partial charge in [-0.1, -0.05) is 49.2 Å². The molecule has 1 saturated heterocycles. The topological polar surface area (TPSA) is 94.1 Å². The van der Waals surface area contributed by atoms with Crippen LogP contribution in [0.3, 0.4) is 0 Å². The number of piperidine rings is 1. The van der Waals surface area contributed by atoms with Crippen LogP contribution in [-0.2, 0) is 32.5 Å². The molecule has 3 aliphatic rings. The molecule has 2 N–H and O–H groups in total. The Kier molecular flexibility index (Phi) is 8.81. The van der Waals surface area contributed by atoms with Gasteiger partial charge in [0.25, 0.3) is 0 Å². The fraction of sp³-hybridized carbons (Fsp3) is 0.500. The molecule has 2 aromatic rings. The first kappa shape index (κ1) is 27.8. The van der Waals surface area contributed by atoms with Crippen molar-refractivity contribution in [1.29, 1.82) is 0 Å². The molecule has 0 aromatic heterocycles. The normalized spacial score (nSPS) is 23.6. The molecular formula is C28H32F3NO6. The molecule has 10 heteroatoms. The van der Waals surface area contributed by atoms with Crippen molar-refractivity contribution < 1.29 is 42.1 Å². The molecule has 2 aliphatic carbocycles. The molecular weight excluding hydrogens is 503 g/mol. The SMILES string of the molecule is O=C(O)C(F)(F)F.O=C(OCCc1ccccc1)OCOc1ccc2c(c1)[C@]13CCCC[C@@H]1[C@@H](C2)NCC3. The van der Waals surface area contributed by atoms with Gasteiger partial charge in [-0.05, 0) is 67.0 Å². The Bertz CT molecular complexity index is 1110. The summed E-state index contributed by atoms with van der Waals surface area (Å²) in [5.41, 5.74) is 4.33. The van der Waals surface area contributed by atoms with Crippen LogP contribution in [-0.4, -0.2) is 49.4 Å². The number of rotatable bonds is 6. The molecule has 2 bridgehead atoms. The van der Waals surface area contributed by atoms with Crippen LogP contribution in [0.1, 0.15) is 48.8 Å². The standard InChI is InChI=1S/C26H31NO4.C2HF3O2/c28-25(29-15-11-19-6-2-1-3-7-19)31-18-30-21-10-9-20-16-24-22-8-4-5-12-26(22,13-14-27-24)23(20)17-21;3-2(4,5)1(6)7/h1-3,6-7,9-10,17,22,24,27H,4-5,8,11-16,18H2;(H,6,7)/t22-,24-,26+;/m1./s1. The van der Waals surface area contributed by atoms with Gasteiger partial charge in [0.15, 0.2) is 0 Å². The summed E-state index contributed by atoms with van der Waals surface area (Å²) in [4.78, 5) is 20.7. The Balaban J connectivity index is 0.000000426. The Morgan fingerprint density at radius 1 is 1.05 bits per heavy atom. The van der Waals surface area contributed by atoms with Crippen molar-refractivity contribution in [2.75, 3.05) is 19.9 Å². The highest BCUT2D eigenvalue weighted by Crippen LogP contribution is 2.54. The molecule has 38 heavy (non-hydrogen) atoms. The van der Waals surface area contributed by atoms with E-state index in [1.54, 1.807) is 0 Å². The number of aliphatic carboxylic acids is 1. The van der Waals surface area contributed by atoms with Crippen molar-refractivity contribution in [3.63, 3.8) is 0 Å². The summed E-state index contributed by atoms with van der Waals surface area (Å²) in [5.74, 6) is -1.26. The van der Waals surface area contributed by atoms with Gasteiger partial charge in [0.1, 0.15) is 5.75 Å². The van der Waals surface area contributed by atoms with E-state index in [9.17, 15) is 18.0 Å². The maximum absolute atomic E-state index is 11.9. The lowest BCUT2D eigenvalue weighted by molar-refractivity contribution is -0.192. The Labute approximate surface area is 219 Å². The highest BCUT2D eigenvalue weighted by molar-refractivity contribution is 5.73. The zero-order chi connectivity index (χ0) is 27.2. The summed E-state index contributed by atoms with van der Waals surface area (Å²) in [6.07, 6.45) is 2.45. The number of ether oxygens (including phenoxy) is 3. The lowest BCUT2D eigenvalue weighted by atomic mass is 9.53. The molecule has 0 amide bonds. The third-order valence-electron chi connectivity index (χ3n) is 7.72. The third-order valence-corrected chi connectivity index (χ3v) is 7.72. The average molecular weight is 536 g/mol. The Morgan fingerprint density at radius 3 is 2.55 bits per heavy atom. The van der Waals surface area contributed by atoms with E-state index in [1.807, 2.05) is 36.4 Å². The number of fused-ring (bicyclic) bond motifs is 1. The molecule has 5 rings (SSSR count). The van der Waals surface area contributed by atoms with Crippen molar-refractivity contribution in [3.8, 4) is 5.75 Å². The van der Waals surface area contributed by atoms with Gasteiger partial charge in [-0.2, -0.15) is 13.2 Å². The van der Waals surface area contributed by atoms with Gasteiger partial charge >= 0.3 is 18.3 Å². The fourth-order valence-corrected chi connectivity index (χ4v) is 6.08. The number of alkyl halides is 3. The molecule has 0 spiro atoms. The number of hydrogen-bond acceptors (Lipinski definition) is 6. The number of carbonyl (C=O) groups excluding carboxylic acids is 1. The number of carboxylic acids is 1. The molecule has 1 heterocycles. The second kappa shape index (κ2) is 12.1. The van der Waals surface area contributed by atoms with Crippen LogP contribution in [0.4, 0.5) is 18.0 Å². The number of benzene rings is 2. The molecule has 0 radical (unpaired) electrons. The van der Waals surface area contributed by atoms with E-state index in [0.717, 1.165) is 30.2 Å². The van der Waals surface area contributed by atoms with E-state index >= 15 is 0 Å². The maximum atomic E-state index is 11.9. The van der Waals surface area contributed by atoms with Gasteiger partial charge in [-0.25, -0.2) is 9.59 Å². The largest absolute Gasteiger partial charge is 0.511 e. The summed E-state index contributed by atoms with van der Waals surface area (Å²) < 4.78 is 47.8. The van der Waals surface area contributed by atoms with Crippen LogP contribution in [0.15, 0.2) is 48.5 Å². The quantitative estimate of drug-likeness (QED) is 0.378. The monoisotopic (exact) mass is 535 g/mol. The Morgan fingerprint density at radius 2 is 1.82 bits per heavy atom. The van der Waals surface area contributed by atoms with Crippen LogP contribution in [0.2, 0.25) is 0 Å². The van der Waals surface area contributed by atoms with Gasteiger partial charge in [0.2, 0.25) is 6.79 Å². The molecule has 206 valence electrons. The predicted molar refractivity (Wildman–Crippen MR) is 132 cm³/mol. The summed E-state index contributed by atoms with van der Waals surface area (Å²) >= 11 is 0. The van der Waals surface area contributed by atoms with E-state index in [-0.39, 0.29) is 6.79 Å². The minimum Gasteiger partial charge on any atom is -0.475 e. The van der Waals surface area contributed by atoms with E-state index in [0.29, 0.717) is 24.5 Å². The number of carbonyl (C=O) groups is 2. The number of halogens is 3. The maximum Gasteiger partial charge on any atom is 0.511 e. The second-order valence-electron chi connectivity index (χ2n) is 9.89. The molecule has 1 aliphatic heterocycles. The average Bonchev–Trinajstić information content (AvgIpc) is 2.89. The van der Waals surface area contributed by atoms with Gasteiger partial charge < -0.3 is 24.6 Å². The molecule has 0 unspecified atom stereocenters. The van der Waals surface area contributed by atoms with E-state index in [4.69, 9.17) is 24.1 Å². The van der Waals surface area contributed by atoms with Crippen molar-refractivity contribution >= 4 is 12.1 Å². The van der Waals surface area contributed by atoms with E-state index in [2.05, 4.69) is 17.4 Å². The van der Waals surface area contributed by atoms with Crippen molar-refractivity contribution in [3.05, 3.63) is 65.2 Å². The lowest BCUT2D eigenvalue weighted by Crippen LogP contribution is -2.59. The predicted octanol–water partition coefficient (Wildman–Crippen LogP) is 5.40. The van der Waals surface area contributed by atoms with Crippen molar-refractivity contribution in [2.45, 2.75) is 62.6 Å². The van der Waals surface area contributed by atoms with Crippen LogP contribution in [0, 0.1) is 5.92 Å². The number of hydrogen-bond donors (Lipinski definition) is 2. The molecule has 2 fully saturated rings. The van der Waals surface area contributed by atoms with Crippen LogP contribution in [0.5, 0.6) is 5.75 Å². The smallest absolute Gasteiger partial charge is 0.475 e. The highest BCUT2D eigenvalue weighted by Gasteiger charge is 2.51. The summed E-state index contributed by atoms with van der Waals surface area (Å²) in [6.45, 7) is 1.26. The second-order valence-corrected chi connectivity index (χ2v) is 9.89. The van der Waals surface area contributed by atoms with Crippen molar-refractivity contribution in [1.82, 2.24) is 5.32 Å². The highest BCUT2D eigenvalue weighted by atomic mass is 19.4. The summed E-state index contributed by atoms with van der Waals surface area (Å²) in [6, 6.07) is 16.9. The first-order valence-corrected chi connectivity index (χ1v) is 12.8. The molecule has 2 aromatic carbocycles. The van der Waals surface area contributed by atoms with Crippen LogP contribution >= 0.6 is 0 Å². The van der Waals surface area contributed by atoms with E-state index in [1.165, 1.54) is 43.2 Å². The van der Waals surface area contributed by atoms with Gasteiger partial charge in [0.05, 0.1) is 6.61 Å². The number of carboxylic acid groups (broad SMARTS) is 1. The number of nitrogens with one attached hydrogen (secondary N) is 1. The lowest BCUT2D eigenvalue weighted by Gasteiger charge is -2.56. The van der Waals surface area contributed by atoms with Crippen LogP contribution in [0.25, 0.3) is 0 Å². The molecule has 1 saturated carbocycles. The van der Waals surface area contributed by atoms with Gasteiger partial charge in [0, 0.05) is 17.9 Å². The minimum atomic E-state index is -5.08.